The molecule has 0 heterocycles. The largest absolute Gasteiger partial charge is 0.508 e. The Kier molecular flexibility index (Phi) is 4.65. The Morgan fingerprint density at radius 1 is 1.30 bits per heavy atom. The van der Waals surface area contributed by atoms with Gasteiger partial charge in [-0.05, 0) is 43.2 Å². The van der Waals surface area contributed by atoms with Gasteiger partial charge in [-0.25, -0.2) is 4.79 Å². The van der Waals surface area contributed by atoms with Crippen LogP contribution in [-0.2, 0) is 21.5 Å². The van der Waals surface area contributed by atoms with E-state index in [0.29, 0.717) is 25.7 Å². The first kappa shape index (κ1) is 14.9. The number of aryl methyl sites for hydroxylation is 1. The fraction of sp³-hybridized carbons (Fsp3) is 0.562. The second kappa shape index (κ2) is 6.27. The molecule has 0 bridgehead atoms. The highest BCUT2D eigenvalue weighted by atomic mass is 16.7. The van der Waals surface area contributed by atoms with Crippen LogP contribution in [0.25, 0.3) is 0 Å². The molecular weight excluding hydrogens is 256 g/mol. The molecule has 0 unspecified atom stereocenters. The summed E-state index contributed by atoms with van der Waals surface area (Å²) in [6.07, 6.45) is 2.70. The van der Waals surface area contributed by atoms with E-state index in [-0.39, 0.29) is 6.10 Å². The predicted octanol–water partition coefficient (Wildman–Crippen LogP) is 3.16. The molecule has 1 fully saturated rings. The fourth-order valence-corrected chi connectivity index (χ4v) is 2.71. The van der Waals surface area contributed by atoms with Crippen molar-refractivity contribution >= 4 is 6.16 Å². The molecule has 1 aliphatic rings. The molecule has 2 rings (SSSR count). The molecule has 0 saturated heterocycles. The standard InChI is InChI=1S/C16H22O4/c1-3-12-4-6-13(7-5-12)16(18)10-8-14(9-11-16)20-15(17)19-2/h4-7,14,18H,3,8-11H2,1-2H3. The third-order valence-corrected chi connectivity index (χ3v) is 4.09. The van der Waals surface area contributed by atoms with Crippen molar-refractivity contribution in [3.63, 3.8) is 0 Å². The van der Waals surface area contributed by atoms with Crippen LogP contribution in [0.1, 0.15) is 43.7 Å². The van der Waals surface area contributed by atoms with Crippen LogP contribution in [0, 0.1) is 0 Å². The Morgan fingerprint density at radius 3 is 2.40 bits per heavy atom. The second-order valence-electron chi connectivity index (χ2n) is 5.35. The number of hydrogen-bond donors (Lipinski definition) is 1. The average Bonchev–Trinajstić information content (AvgIpc) is 2.49. The van der Waals surface area contributed by atoms with Crippen molar-refractivity contribution in [2.45, 2.75) is 50.7 Å². The molecule has 0 atom stereocenters. The molecule has 0 spiro atoms. The molecule has 110 valence electrons. The maximum absolute atomic E-state index is 11.1. The zero-order valence-electron chi connectivity index (χ0n) is 12.1. The van der Waals surface area contributed by atoms with Gasteiger partial charge in [0.15, 0.2) is 0 Å². The van der Waals surface area contributed by atoms with E-state index in [1.807, 2.05) is 12.1 Å². The van der Waals surface area contributed by atoms with E-state index >= 15 is 0 Å². The van der Waals surface area contributed by atoms with Gasteiger partial charge >= 0.3 is 6.16 Å². The van der Waals surface area contributed by atoms with Gasteiger partial charge in [0.25, 0.3) is 0 Å². The smallest absolute Gasteiger partial charge is 0.438 e. The van der Waals surface area contributed by atoms with Crippen LogP contribution in [0.3, 0.4) is 0 Å². The van der Waals surface area contributed by atoms with E-state index in [9.17, 15) is 9.90 Å². The summed E-state index contributed by atoms with van der Waals surface area (Å²) in [5, 5.41) is 10.7. The molecule has 0 aliphatic heterocycles. The summed E-state index contributed by atoms with van der Waals surface area (Å²) in [6, 6.07) is 8.12. The van der Waals surface area contributed by atoms with E-state index < -0.39 is 11.8 Å². The number of ether oxygens (including phenoxy) is 2. The van der Waals surface area contributed by atoms with Crippen molar-refractivity contribution in [1.82, 2.24) is 0 Å². The molecule has 0 radical (unpaired) electrons. The Morgan fingerprint density at radius 2 is 1.90 bits per heavy atom. The number of benzene rings is 1. The lowest BCUT2D eigenvalue weighted by Gasteiger charge is -2.35. The van der Waals surface area contributed by atoms with Gasteiger partial charge in [0.05, 0.1) is 12.7 Å². The molecule has 20 heavy (non-hydrogen) atoms. The minimum absolute atomic E-state index is 0.155. The summed E-state index contributed by atoms with van der Waals surface area (Å²) in [4.78, 5) is 11.1. The highest BCUT2D eigenvalue weighted by molar-refractivity contribution is 5.59. The Hall–Kier alpha value is -1.55. The van der Waals surface area contributed by atoms with Crippen molar-refractivity contribution in [3.8, 4) is 0 Å². The van der Waals surface area contributed by atoms with Crippen molar-refractivity contribution < 1.29 is 19.4 Å². The van der Waals surface area contributed by atoms with Crippen molar-refractivity contribution in [1.29, 1.82) is 0 Å². The lowest BCUT2D eigenvalue weighted by atomic mass is 9.78. The zero-order valence-corrected chi connectivity index (χ0v) is 12.1. The fourth-order valence-electron chi connectivity index (χ4n) is 2.71. The highest BCUT2D eigenvalue weighted by Crippen LogP contribution is 2.38. The molecule has 1 aromatic carbocycles. The van der Waals surface area contributed by atoms with Gasteiger partial charge < -0.3 is 14.6 Å². The number of carbonyl (C=O) groups is 1. The van der Waals surface area contributed by atoms with Crippen LogP contribution in [0.2, 0.25) is 0 Å². The number of rotatable bonds is 3. The highest BCUT2D eigenvalue weighted by Gasteiger charge is 2.36. The first-order valence-electron chi connectivity index (χ1n) is 7.14. The number of methoxy groups -OCH3 is 1. The summed E-state index contributed by atoms with van der Waals surface area (Å²) >= 11 is 0. The first-order valence-corrected chi connectivity index (χ1v) is 7.14. The minimum Gasteiger partial charge on any atom is -0.438 e. The van der Waals surface area contributed by atoms with Gasteiger partial charge in [-0.15, -0.1) is 0 Å². The summed E-state index contributed by atoms with van der Waals surface area (Å²) in [7, 11) is 1.30. The summed E-state index contributed by atoms with van der Waals surface area (Å²) in [6.45, 7) is 2.11. The quantitative estimate of drug-likeness (QED) is 0.863. The van der Waals surface area contributed by atoms with Crippen LogP contribution < -0.4 is 0 Å². The van der Waals surface area contributed by atoms with E-state index in [0.717, 1.165) is 12.0 Å². The van der Waals surface area contributed by atoms with E-state index in [2.05, 4.69) is 23.8 Å². The lowest BCUT2D eigenvalue weighted by molar-refractivity contribution is -0.0508. The normalized spacial score (nSPS) is 26.1. The molecular formula is C16H22O4. The van der Waals surface area contributed by atoms with Gasteiger partial charge in [0, 0.05) is 0 Å². The van der Waals surface area contributed by atoms with E-state index in [1.54, 1.807) is 0 Å². The molecule has 1 aromatic rings. The molecule has 1 N–H and O–H groups in total. The van der Waals surface area contributed by atoms with Crippen molar-refractivity contribution in [2.24, 2.45) is 0 Å². The van der Waals surface area contributed by atoms with E-state index in [1.165, 1.54) is 12.7 Å². The average molecular weight is 278 g/mol. The number of hydrogen-bond acceptors (Lipinski definition) is 4. The first-order chi connectivity index (χ1) is 9.57. The molecule has 4 heteroatoms. The number of carbonyl (C=O) groups excluding carboxylic acids is 1. The Labute approximate surface area is 119 Å². The van der Waals surface area contributed by atoms with Gasteiger partial charge in [0.1, 0.15) is 6.10 Å². The third-order valence-electron chi connectivity index (χ3n) is 4.09. The summed E-state index contributed by atoms with van der Waals surface area (Å²) in [5.41, 5.74) is 1.41. The van der Waals surface area contributed by atoms with Crippen LogP contribution in [0.4, 0.5) is 4.79 Å². The summed E-state index contributed by atoms with van der Waals surface area (Å²) < 4.78 is 9.63. The molecule has 0 aromatic heterocycles. The Balaban J connectivity index is 1.98. The van der Waals surface area contributed by atoms with Crippen LogP contribution >= 0.6 is 0 Å². The molecule has 0 amide bonds. The van der Waals surface area contributed by atoms with E-state index in [4.69, 9.17) is 4.74 Å². The van der Waals surface area contributed by atoms with Crippen LogP contribution in [0.5, 0.6) is 0 Å². The second-order valence-corrected chi connectivity index (χ2v) is 5.35. The van der Waals surface area contributed by atoms with Gasteiger partial charge in [-0.3, -0.25) is 0 Å². The maximum atomic E-state index is 11.1. The number of aliphatic hydroxyl groups is 1. The van der Waals surface area contributed by atoms with Crippen molar-refractivity contribution in [3.05, 3.63) is 35.4 Å². The maximum Gasteiger partial charge on any atom is 0.508 e. The molecule has 1 aliphatic carbocycles. The van der Waals surface area contributed by atoms with Gasteiger partial charge in [-0.2, -0.15) is 0 Å². The predicted molar refractivity (Wildman–Crippen MR) is 75.5 cm³/mol. The van der Waals surface area contributed by atoms with Crippen LogP contribution in [-0.4, -0.2) is 24.5 Å². The third kappa shape index (κ3) is 3.31. The molecule has 1 saturated carbocycles. The minimum atomic E-state index is -0.803. The van der Waals surface area contributed by atoms with Crippen molar-refractivity contribution in [2.75, 3.05) is 7.11 Å². The van der Waals surface area contributed by atoms with Gasteiger partial charge in [0.2, 0.25) is 0 Å². The van der Waals surface area contributed by atoms with Crippen LogP contribution in [0.15, 0.2) is 24.3 Å². The Bertz CT molecular complexity index is 444. The summed E-state index contributed by atoms with van der Waals surface area (Å²) in [5.74, 6) is 0. The monoisotopic (exact) mass is 278 g/mol. The zero-order chi connectivity index (χ0) is 14.6. The lowest BCUT2D eigenvalue weighted by Crippen LogP contribution is -2.35. The van der Waals surface area contributed by atoms with Gasteiger partial charge in [-0.1, -0.05) is 31.2 Å². The molecule has 4 nitrogen and oxygen atoms in total. The topological polar surface area (TPSA) is 55.8 Å². The SMILES string of the molecule is CCc1ccc(C2(O)CCC(OC(=O)OC)CC2)cc1.